The van der Waals surface area contributed by atoms with Crippen molar-refractivity contribution in [2.45, 2.75) is 38.5 Å². The molecule has 2 atom stereocenters. The van der Waals surface area contributed by atoms with E-state index in [9.17, 15) is 0 Å². The van der Waals surface area contributed by atoms with Crippen LogP contribution in [0.1, 0.15) is 37.2 Å². The van der Waals surface area contributed by atoms with Crippen molar-refractivity contribution in [3.63, 3.8) is 0 Å². The molecule has 2 N–H and O–H groups in total. The van der Waals surface area contributed by atoms with E-state index in [4.69, 9.17) is 15.2 Å². The van der Waals surface area contributed by atoms with Crippen molar-refractivity contribution in [1.82, 2.24) is 9.78 Å². The number of hydrogen-bond acceptors (Lipinski definition) is 4. The third-order valence-electron chi connectivity index (χ3n) is 3.90. The van der Waals surface area contributed by atoms with E-state index in [1.165, 1.54) is 5.56 Å². The van der Waals surface area contributed by atoms with Crippen LogP contribution < -0.4 is 15.2 Å². The smallest absolute Gasteiger partial charge is 0.161 e. The van der Waals surface area contributed by atoms with Gasteiger partial charge < -0.3 is 15.2 Å². The lowest BCUT2D eigenvalue weighted by Crippen LogP contribution is -2.32. The fraction of sp³-hybridized carbons (Fsp3) is 0.438. The average molecular weight is 287 g/mol. The van der Waals surface area contributed by atoms with Gasteiger partial charge in [0.1, 0.15) is 17.5 Å². The molecule has 1 aromatic carbocycles. The van der Waals surface area contributed by atoms with Gasteiger partial charge in [0.05, 0.1) is 19.3 Å². The van der Waals surface area contributed by atoms with Gasteiger partial charge in [0.15, 0.2) is 5.75 Å². The van der Waals surface area contributed by atoms with Gasteiger partial charge in [-0.15, -0.1) is 0 Å². The molecule has 2 unspecified atom stereocenters. The topological polar surface area (TPSA) is 62.3 Å². The number of methoxy groups -OCH3 is 1. The molecule has 0 spiro atoms. The molecular weight excluding hydrogens is 266 g/mol. The van der Waals surface area contributed by atoms with Crippen LogP contribution in [0.15, 0.2) is 30.5 Å². The van der Waals surface area contributed by atoms with E-state index in [1.807, 2.05) is 22.9 Å². The normalized spacial score (nSPS) is 18.4. The summed E-state index contributed by atoms with van der Waals surface area (Å²) in [5, 5.41) is 4.38. The van der Waals surface area contributed by atoms with Crippen molar-refractivity contribution in [2.24, 2.45) is 5.73 Å². The number of fused-ring (bicyclic) bond motifs is 1. The van der Waals surface area contributed by atoms with Crippen molar-refractivity contribution in [2.75, 3.05) is 7.11 Å². The van der Waals surface area contributed by atoms with E-state index in [-0.39, 0.29) is 18.2 Å². The average Bonchev–Trinajstić information content (AvgIpc) is 3.09. The first-order valence-corrected chi connectivity index (χ1v) is 7.23. The number of ether oxygens (including phenoxy) is 2. The quantitative estimate of drug-likeness (QED) is 0.938. The first kappa shape index (κ1) is 13.9. The van der Waals surface area contributed by atoms with Gasteiger partial charge in [-0.2, -0.15) is 5.10 Å². The Labute approximate surface area is 124 Å². The molecule has 112 valence electrons. The number of aromatic nitrogens is 2. The van der Waals surface area contributed by atoms with Crippen LogP contribution in [0.2, 0.25) is 0 Å². The number of benzene rings is 1. The molecule has 1 aliphatic heterocycles. The minimum Gasteiger partial charge on any atom is -0.493 e. The zero-order chi connectivity index (χ0) is 15.0. The molecule has 0 saturated heterocycles. The molecule has 1 aromatic heterocycles. The third kappa shape index (κ3) is 2.38. The Morgan fingerprint density at radius 2 is 2.14 bits per heavy atom. The van der Waals surface area contributed by atoms with Crippen LogP contribution in [-0.4, -0.2) is 23.0 Å². The summed E-state index contributed by atoms with van der Waals surface area (Å²) in [6.07, 6.45) is 2.44. The monoisotopic (exact) mass is 287 g/mol. The molecule has 5 heteroatoms. The van der Waals surface area contributed by atoms with E-state index in [0.29, 0.717) is 0 Å². The summed E-state index contributed by atoms with van der Waals surface area (Å²) in [5.74, 6) is 1.64. The van der Waals surface area contributed by atoms with E-state index in [0.717, 1.165) is 23.6 Å². The Morgan fingerprint density at radius 3 is 2.81 bits per heavy atom. The first-order valence-electron chi connectivity index (χ1n) is 7.23. The van der Waals surface area contributed by atoms with Crippen LogP contribution in [0.5, 0.6) is 11.5 Å². The lowest BCUT2D eigenvalue weighted by molar-refractivity contribution is 0.191. The van der Waals surface area contributed by atoms with Gasteiger partial charge in [-0.05, 0) is 25.5 Å². The number of nitrogens with zero attached hydrogens (tertiary/aromatic N) is 2. The predicted octanol–water partition coefficient (Wildman–Crippen LogP) is 2.48. The number of nitrogens with two attached hydrogens (primary N) is 1. The molecule has 2 heterocycles. The molecule has 21 heavy (non-hydrogen) atoms. The zero-order valence-electron chi connectivity index (χ0n) is 12.6. The maximum Gasteiger partial charge on any atom is 0.161 e. The Hall–Kier alpha value is -2.01. The highest BCUT2D eigenvalue weighted by atomic mass is 16.5. The molecule has 0 amide bonds. The third-order valence-corrected chi connectivity index (χ3v) is 3.90. The molecule has 0 fully saturated rings. The van der Waals surface area contributed by atoms with Gasteiger partial charge in [-0.25, -0.2) is 0 Å². The van der Waals surface area contributed by atoms with Gasteiger partial charge in [-0.3, -0.25) is 4.68 Å². The molecule has 3 rings (SSSR count). The zero-order valence-corrected chi connectivity index (χ0v) is 12.6. The van der Waals surface area contributed by atoms with Crippen molar-refractivity contribution in [3.8, 4) is 11.5 Å². The Morgan fingerprint density at radius 1 is 1.38 bits per heavy atom. The van der Waals surface area contributed by atoms with E-state index in [2.05, 4.69) is 25.0 Å². The molecular formula is C16H21N3O2. The van der Waals surface area contributed by atoms with Crippen LogP contribution in [0.25, 0.3) is 0 Å². The van der Waals surface area contributed by atoms with E-state index >= 15 is 0 Å². The van der Waals surface area contributed by atoms with Crippen molar-refractivity contribution < 1.29 is 9.47 Å². The van der Waals surface area contributed by atoms with Crippen molar-refractivity contribution in [3.05, 3.63) is 41.7 Å². The van der Waals surface area contributed by atoms with Crippen LogP contribution in [-0.2, 0) is 6.42 Å². The standard InChI is InChI=1S/C16H21N3O2/c1-10(2)19-16(14(20-3)9-18-19)15(17)13-8-11-6-4-5-7-12(11)21-13/h4-7,9-10,13,15H,8,17H2,1-3H3. The van der Waals surface area contributed by atoms with Gasteiger partial charge in [-0.1, -0.05) is 18.2 Å². The summed E-state index contributed by atoms with van der Waals surface area (Å²) < 4.78 is 13.3. The summed E-state index contributed by atoms with van der Waals surface area (Å²) in [7, 11) is 1.64. The molecule has 1 aliphatic rings. The first-order chi connectivity index (χ1) is 10.1. The maximum absolute atomic E-state index is 6.47. The fourth-order valence-electron chi connectivity index (χ4n) is 2.83. The van der Waals surface area contributed by atoms with E-state index < -0.39 is 0 Å². The lowest BCUT2D eigenvalue weighted by Gasteiger charge is -2.22. The van der Waals surface area contributed by atoms with Gasteiger partial charge in [0, 0.05) is 12.5 Å². The SMILES string of the molecule is COc1cnn(C(C)C)c1C(N)C1Cc2ccccc2O1. The summed E-state index contributed by atoms with van der Waals surface area (Å²) >= 11 is 0. The molecule has 0 radical (unpaired) electrons. The molecule has 0 saturated carbocycles. The number of para-hydroxylation sites is 1. The Kier molecular flexibility index (Phi) is 3.59. The summed E-state index contributed by atoms with van der Waals surface area (Å²) in [6.45, 7) is 4.15. The maximum atomic E-state index is 6.47. The second-order valence-corrected chi connectivity index (χ2v) is 5.63. The van der Waals surface area contributed by atoms with Crippen LogP contribution >= 0.6 is 0 Å². The minimum absolute atomic E-state index is 0.0921. The molecule has 0 bridgehead atoms. The molecule has 0 aliphatic carbocycles. The van der Waals surface area contributed by atoms with Gasteiger partial charge in [0.2, 0.25) is 0 Å². The van der Waals surface area contributed by atoms with Gasteiger partial charge >= 0.3 is 0 Å². The van der Waals surface area contributed by atoms with E-state index in [1.54, 1.807) is 13.3 Å². The van der Waals surface area contributed by atoms with Crippen LogP contribution in [0.4, 0.5) is 0 Å². The Bertz CT molecular complexity index is 611. The number of hydrogen-bond donors (Lipinski definition) is 1. The molecule has 2 aromatic rings. The second-order valence-electron chi connectivity index (χ2n) is 5.63. The minimum atomic E-state index is -0.280. The highest BCUT2D eigenvalue weighted by Crippen LogP contribution is 2.36. The predicted molar refractivity (Wildman–Crippen MR) is 80.7 cm³/mol. The van der Waals surface area contributed by atoms with Crippen LogP contribution in [0.3, 0.4) is 0 Å². The highest BCUT2D eigenvalue weighted by molar-refractivity contribution is 5.39. The lowest BCUT2D eigenvalue weighted by atomic mass is 10.0. The number of rotatable bonds is 4. The molecule has 5 nitrogen and oxygen atoms in total. The second kappa shape index (κ2) is 5.41. The van der Waals surface area contributed by atoms with Gasteiger partial charge in [0.25, 0.3) is 0 Å². The summed E-state index contributed by atoms with van der Waals surface area (Å²) in [5.41, 5.74) is 8.57. The highest BCUT2D eigenvalue weighted by Gasteiger charge is 2.33. The summed E-state index contributed by atoms with van der Waals surface area (Å²) in [6, 6.07) is 8.01. The largest absolute Gasteiger partial charge is 0.493 e. The van der Waals surface area contributed by atoms with Crippen molar-refractivity contribution in [1.29, 1.82) is 0 Å². The Balaban J connectivity index is 1.90. The summed E-state index contributed by atoms with van der Waals surface area (Å²) in [4.78, 5) is 0. The van der Waals surface area contributed by atoms with Crippen molar-refractivity contribution >= 4 is 0 Å². The fourth-order valence-corrected chi connectivity index (χ4v) is 2.83. The van der Waals surface area contributed by atoms with Crippen LogP contribution in [0, 0.1) is 0 Å².